The molecule has 1 heteroatoms. The van der Waals surface area contributed by atoms with E-state index in [1.807, 2.05) is 0 Å². The first-order valence-corrected chi connectivity index (χ1v) is 8.20. The normalized spacial score (nSPS) is 31.6. The van der Waals surface area contributed by atoms with Gasteiger partial charge in [-0.25, -0.2) is 0 Å². The largest absolute Gasteiger partial charge is 0.388 e. The molecule has 2 rings (SSSR count). The Morgan fingerprint density at radius 2 is 1.89 bits per heavy atom. The lowest BCUT2D eigenvalue weighted by Crippen LogP contribution is -2.21. The summed E-state index contributed by atoms with van der Waals surface area (Å²) >= 11 is 0. The average molecular weight is 250 g/mol. The van der Waals surface area contributed by atoms with E-state index in [1.165, 1.54) is 69.8 Å². The summed E-state index contributed by atoms with van der Waals surface area (Å²) in [5, 5.41) is 10.4. The zero-order valence-corrected chi connectivity index (χ0v) is 12.0. The summed E-state index contributed by atoms with van der Waals surface area (Å²) in [5.74, 6) is 1.42. The molecule has 0 aromatic rings. The molecule has 0 heterocycles. The highest BCUT2D eigenvalue weighted by Gasteiger charge is 2.36. The Morgan fingerprint density at radius 3 is 2.61 bits per heavy atom. The predicted octanol–water partition coefficient (Wildman–Crippen LogP) is 4.84. The lowest BCUT2D eigenvalue weighted by Gasteiger charge is -2.21. The first kappa shape index (κ1) is 14.1. The van der Waals surface area contributed by atoms with Crippen LogP contribution in [0.4, 0.5) is 0 Å². The minimum Gasteiger partial charge on any atom is -0.388 e. The Balaban J connectivity index is 1.75. The van der Waals surface area contributed by atoms with E-state index < -0.39 is 0 Å². The topological polar surface area (TPSA) is 20.2 Å². The Labute approximate surface area is 113 Å². The lowest BCUT2D eigenvalue weighted by atomic mass is 9.87. The zero-order valence-electron chi connectivity index (χ0n) is 12.0. The minimum atomic E-state index is -0.0979. The van der Waals surface area contributed by atoms with Crippen molar-refractivity contribution in [2.24, 2.45) is 11.8 Å². The summed E-state index contributed by atoms with van der Waals surface area (Å²) in [5.41, 5.74) is 1.36. The van der Waals surface area contributed by atoms with Gasteiger partial charge in [0, 0.05) is 0 Å². The van der Waals surface area contributed by atoms with Crippen molar-refractivity contribution in [2.75, 3.05) is 0 Å². The maximum atomic E-state index is 10.4. The standard InChI is InChI=1S/C17H30O/c1-2-3-4-5-6-11-15-12-13-16(17(15)18)14-9-7-8-10-14/h11,14,16-18H,2-10,12-13H2,1H3. The molecule has 2 atom stereocenters. The van der Waals surface area contributed by atoms with Crippen molar-refractivity contribution in [1.29, 1.82) is 0 Å². The molecule has 18 heavy (non-hydrogen) atoms. The van der Waals surface area contributed by atoms with Crippen molar-refractivity contribution in [2.45, 2.75) is 83.7 Å². The molecule has 2 saturated carbocycles. The third kappa shape index (κ3) is 3.60. The molecular formula is C17H30O. The molecule has 2 aliphatic rings. The van der Waals surface area contributed by atoms with Crippen LogP contribution in [0.3, 0.4) is 0 Å². The first-order chi connectivity index (χ1) is 8.83. The summed E-state index contributed by atoms with van der Waals surface area (Å²) in [6.07, 6.45) is 16.7. The van der Waals surface area contributed by atoms with Gasteiger partial charge in [0.15, 0.2) is 0 Å². The van der Waals surface area contributed by atoms with Crippen molar-refractivity contribution < 1.29 is 5.11 Å². The molecule has 0 radical (unpaired) electrons. The SMILES string of the molecule is CCCCCCC=C1CCC(C2CCCC2)C1O. The van der Waals surface area contributed by atoms with Crippen LogP contribution in [-0.2, 0) is 0 Å². The van der Waals surface area contributed by atoms with Gasteiger partial charge in [0.1, 0.15) is 0 Å². The van der Waals surface area contributed by atoms with E-state index in [9.17, 15) is 5.11 Å². The van der Waals surface area contributed by atoms with Crippen LogP contribution in [-0.4, -0.2) is 11.2 Å². The van der Waals surface area contributed by atoms with Gasteiger partial charge in [-0.1, -0.05) is 57.9 Å². The summed E-state index contributed by atoms with van der Waals surface area (Å²) in [4.78, 5) is 0. The van der Waals surface area contributed by atoms with Gasteiger partial charge in [-0.2, -0.15) is 0 Å². The van der Waals surface area contributed by atoms with E-state index >= 15 is 0 Å². The van der Waals surface area contributed by atoms with Gasteiger partial charge >= 0.3 is 0 Å². The molecule has 0 aromatic carbocycles. The number of allylic oxidation sites excluding steroid dienone is 1. The molecule has 0 bridgehead atoms. The van der Waals surface area contributed by atoms with E-state index in [4.69, 9.17) is 0 Å². The third-order valence-electron chi connectivity index (χ3n) is 5.02. The molecule has 0 aliphatic heterocycles. The molecule has 0 spiro atoms. The molecule has 1 N–H and O–H groups in total. The van der Waals surface area contributed by atoms with Crippen molar-refractivity contribution in [3.63, 3.8) is 0 Å². The second-order valence-corrected chi connectivity index (χ2v) is 6.32. The van der Waals surface area contributed by atoms with Gasteiger partial charge < -0.3 is 5.11 Å². The van der Waals surface area contributed by atoms with Crippen LogP contribution < -0.4 is 0 Å². The number of hydrogen-bond acceptors (Lipinski definition) is 1. The highest BCUT2D eigenvalue weighted by Crippen LogP contribution is 2.42. The van der Waals surface area contributed by atoms with E-state index in [0.717, 1.165) is 12.3 Å². The van der Waals surface area contributed by atoms with E-state index in [2.05, 4.69) is 13.0 Å². The predicted molar refractivity (Wildman–Crippen MR) is 77.5 cm³/mol. The van der Waals surface area contributed by atoms with Crippen molar-refractivity contribution >= 4 is 0 Å². The molecule has 104 valence electrons. The maximum absolute atomic E-state index is 10.4. The summed E-state index contributed by atoms with van der Waals surface area (Å²) < 4.78 is 0. The number of aliphatic hydroxyl groups excluding tert-OH is 1. The van der Waals surface area contributed by atoms with Gasteiger partial charge in [-0.15, -0.1) is 0 Å². The molecule has 0 saturated heterocycles. The number of hydrogen-bond donors (Lipinski definition) is 1. The van der Waals surface area contributed by atoms with Crippen molar-refractivity contribution in [1.82, 2.24) is 0 Å². The highest BCUT2D eigenvalue weighted by atomic mass is 16.3. The van der Waals surface area contributed by atoms with Crippen LogP contribution in [0.2, 0.25) is 0 Å². The fourth-order valence-corrected chi connectivity index (χ4v) is 3.87. The van der Waals surface area contributed by atoms with Crippen LogP contribution in [0.1, 0.15) is 77.6 Å². The third-order valence-corrected chi connectivity index (χ3v) is 5.02. The summed E-state index contributed by atoms with van der Waals surface area (Å²) in [7, 11) is 0. The van der Waals surface area contributed by atoms with Crippen LogP contribution in [0.25, 0.3) is 0 Å². The maximum Gasteiger partial charge on any atom is 0.0781 e. The molecule has 2 fully saturated rings. The number of unbranched alkanes of at least 4 members (excludes halogenated alkanes) is 4. The molecule has 1 nitrogen and oxygen atoms in total. The van der Waals surface area contributed by atoms with Gasteiger partial charge in [0.05, 0.1) is 6.10 Å². The molecule has 2 aliphatic carbocycles. The monoisotopic (exact) mass is 250 g/mol. The van der Waals surface area contributed by atoms with Gasteiger partial charge in [0.25, 0.3) is 0 Å². The van der Waals surface area contributed by atoms with E-state index in [0.29, 0.717) is 5.92 Å². The average Bonchev–Trinajstić information content (AvgIpc) is 2.99. The number of rotatable bonds is 6. The number of aliphatic hydroxyl groups is 1. The van der Waals surface area contributed by atoms with Crippen LogP contribution in [0.5, 0.6) is 0 Å². The Morgan fingerprint density at radius 1 is 1.11 bits per heavy atom. The Hall–Kier alpha value is -0.300. The summed E-state index contributed by atoms with van der Waals surface area (Å²) in [6, 6.07) is 0. The molecular weight excluding hydrogens is 220 g/mol. The first-order valence-electron chi connectivity index (χ1n) is 8.20. The lowest BCUT2D eigenvalue weighted by molar-refractivity contribution is 0.123. The van der Waals surface area contributed by atoms with Crippen molar-refractivity contribution in [3.8, 4) is 0 Å². The van der Waals surface area contributed by atoms with Crippen LogP contribution in [0, 0.1) is 11.8 Å². The van der Waals surface area contributed by atoms with Gasteiger partial charge in [0.2, 0.25) is 0 Å². The van der Waals surface area contributed by atoms with Gasteiger partial charge in [-0.05, 0) is 43.1 Å². The van der Waals surface area contributed by atoms with E-state index in [-0.39, 0.29) is 6.10 Å². The highest BCUT2D eigenvalue weighted by molar-refractivity contribution is 5.16. The zero-order chi connectivity index (χ0) is 12.8. The fraction of sp³-hybridized carbons (Fsp3) is 0.882. The fourth-order valence-electron chi connectivity index (χ4n) is 3.87. The summed E-state index contributed by atoms with van der Waals surface area (Å²) in [6.45, 7) is 2.26. The molecule has 0 amide bonds. The minimum absolute atomic E-state index is 0.0979. The Kier molecular flexibility index (Phi) is 5.75. The second-order valence-electron chi connectivity index (χ2n) is 6.32. The molecule has 2 unspecified atom stereocenters. The quantitative estimate of drug-likeness (QED) is 0.528. The molecule has 0 aromatic heterocycles. The van der Waals surface area contributed by atoms with E-state index in [1.54, 1.807) is 0 Å². The Bertz CT molecular complexity index is 263. The second kappa shape index (κ2) is 7.33. The van der Waals surface area contributed by atoms with Crippen LogP contribution >= 0.6 is 0 Å². The van der Waals surface area contributed by atoms with Crippen LogP contribution in [0.15, 0.2) is 11.6 Å². The van der Waals surface area contributed by atoms with Gasteiger partial charge in [-0.3, -0.25) is 0 Å². The smallest absolute Gasteiger partial charge is 0.0781 e. The van der Waals surface area contributed by atoms with Crippen molar-refractivity contribution in [3.05, 3.63) is 11.6 Å².